The summed E-state index contributed by atoms with van der Waals surface area (Å²) < 4.78 is 0. The highest BCUT2D eigenvalue weighted by Crippen LogP contribution is 2.26. The van der Waals surface area contributed by atoms with Crippen LogP contribution in [0.2, 0.25) is 0 Å². The first-order valence-corrected chi connectivity index (χ1v) is 7.89. The molecule has 1 saturated heterocycles. The van der Waals surface area contributed by atoms with Crippen LogP contribution < -0.4 is 5.32 Å². The highest BCUT2D eigenvalue weighted by Gasteiger charge is 2.22. The first-order valence-electron chi connectivity index (χ1n) is 7.01. The van der Waals surface area contributed by atoms with Gasteiger partial charge in [0.25, 0.3) is 0 Å². The molecule has 2 heterocycles. The van der Waals surface area contributed by atoms with Crippen molar-refractivity contribution in [2.75, 3.05) is 33.2 Å². The first-order chi connectivity index (χ1) is 8.58. The quantitative estimate of drug-likeness (QED) is 0.881. The normalized spacial score (nSPS) is 19.3. The van der Waals surface area contributed by atoms with E-state index < -0.39 is 0 Å². The Labute approximate surface area is 115 Å². The third-order valence-electron chi connectivity index (χ3n) is 4.03. The monoisotopic (exact) mass is 266 g/mol. The van der Waals surface area contributed by atoms with Gasteiger partial charge in [-0.05, 0) is 56.9 Å². The zero-order valence-corrected chi connectivity index (χ0v) is 12.7. The van der Waals surface area contributed by atoms with Crippen LogP contribution in [0.3, 0.4) is 0 Å². The van der Waals surface area contributed by atoms with Crippen molar-refractivity contribution >= 4 is 11.3 Å². The minimum Gasteiger partial charge on any atom is -0.316 e. The van der Waals surface area contributed by atoms with Crippen LogP contribution >= 0.6 is 11.3 Å². The van der Waals surface area contributed by atoms with Gasteiger partial charge >= 0.3 is 0 Å². The Bertz CT molecular complexity index is 337. The van der Waals surface area contributed by atoms with Crippen molar-refractivity contribution in [3.8, 4) is 0 Å². The fourth-order valence-electron chi connectivity index (χ4n) is 2.61. The predicted octanol–water partition coefficient (Wildman–Crippen LogP) is 2.96. The summed E-state index contributed by atoms with van der Waals surface area (Å²) in [5.74, 6) is 0.875. The highest BCUT2D eigenvalue weighted by atomic mass is 32.1. The number of nitrogens with zero attached hydrogens (tertiary/aromatic N) is 1. The summed E-state index contributed by atoms with van der Waals surface area (Å²) in [7, 11) is 2.23. The molecule has 1 aliphatic rings. The van der Waals surface area contributed by atoms with Gasteiger partial charge in [-0.25, -0.2) is 0 Å². The second kappa shape index (κ2) is 6.18. The van der Waals surface area contributed by atoms with Crippen LogP contribution in [0.15, 0.2) is 17.5 Å². The van der Waals surface area contributed by atoms with E-state index in [0.717, 1.165) is 12.5 Å². The molecule has 1 aliphatic heterocycles. The second-order valence-corrected chi connectivity index (χ2v) is 7.19. The number of hydrogen-bond acceptors (Lipinski definition) is 3. The van der Waals surface area contributed by atoms with Crippen LogP contribution in [0, 0.1) is 5.92 Å². The van der Waals surface area contributed by atoms with Crippen molar-refractivity contribution in [1.29, 1.82) is 0 Å². The molecule has 0 bridgehead atoms. The van der Waals surface area contributed by atoms with Crippen LogP contribution in [0.1, 0.15) is 31.6 Å². The minimum absolute atomic E-state index is 0.264. The van der Waals surface area contributed by atoms with Crippen molar-refractivity contribution in [2.24, 2.45) is 5.92 Å². The molecule has 0 unspecified atom stereocenters. The van der Waals surface area contributed by atoms with E-state index in [4.69, 9.17) is 0 Å². The van der Waals surface area contributed by atoms with E-state index >= 15 is 0 Å². The summed E-state index contributed by atoms with van der Waals surface area (Å²) in [5, 5.41) is 5.86. The lowest BCUT2D eigenvalue weighted by Gasteiger charge is -2.30. The molecule has 0 amide bonds. The molecule has 1 aromatic rings. The maximum atomic E-state index is 3.69. The average molecular weight is 266 g/mol. The fraction of sp³-hybridized carbons (Fsp3) is 0.733. The second-order valence-electron chi connectivity index (χ2n) is 6.24. The number of thiophene rings is 1. The van der Waals surface area contributed by atoms with Gasteiger partial charge in [-0.1, -0.05) is 19.9 Å². The van der Waals surface area contributed by atoms with E-state index in [2.05, 4.69) is 48.6 Å². The van der Waals surface area contributed by atoms with Crippen LogP contribution in [-0.4, -0.2) is 38.1 Å². The van der Waals surface area contributed by atoms with Crippen molar-refractivity contribution in [3.05, 3.63) is 22.4 Å². The van der Waals surface area contributed by atoms with Gasteiger partial charge in [0.2, 0.25) is 0 Å². The van der Waals surface area contributed by atoms with Crippen molar-refractivity contribution in [3.63, 3.8) is 0 Å². The van der Waals surface area contributed by atoms with Crippen molar-refractivity contribution < 1.29 is 0 Å². The summed E-state index contributed by atoms with van der Waals surface area (Å²) >= 11 is 1.87. The summed E-state index contributed by atoms with van der Waals surface area (Å²) in [5.41, 5.74) is 0.264. The fourth-order valence-corrected chi connectivity index (χ4v) is 3.46. The molecular weight excluding hydrogens is 240 g/mol. The Balaban J connectivity index is 1.72. The Morgan fingerprint density at radius 2 is 2.11 bits per heavy atom. The van der Waals surface area contributed by atoms with Crippen molar-refractivity contribution in [1.82, 2.24) is 10.2 Å². The maximum Gasteiger partial charge on any atom is 0.0115 e. The molecule has 0 saturated carbocycles. The standard InChI is InChI=1S/C15H26N2S/c1-15(2,14-5-4-10-18-14)12-16-11-13-6-8-17(3)9-7-13/h4-5,10,13,16H,6-9,11-12H2,1-3H3. The van der Waals surface area contributed by atoms with E-state index in [-0.39, 0.29) is 5.41 Å². The Morgan fingerprint density at radius 1 is 1.39 bits per heavy atom. The van der Waals surface area contributed by atoms with Crippen LogP contribution in [0.5, 0.6) is 0 Å². The molecule has 1 N–H and O–H groups in total. The molecule has 0 aliphatic carbocycles. The number of piperidine rings is 1. The van der Waals surface area contributed by atoms with E-state index in [1.807, 2.05) is 11.3 Å². The molecule has 3 heteroatoms. The van der Waals surface area contributed by atoms with E-state index in [1.165, 1.54) is 37.4 Å². The Morgan fingerprint density at radius 3 is 2.72 bits per heavy atom. The first kappa shape index (κ1) is 14.0. The number of hydrogen-bond donors (Lipinski definition) is 1. The van der Waals surface area contributed by atoms with Gasteiger partial charge in [0, 0.05) is 16.8 Å². The molecule has 0 atom stereocenters. The summed E-state index contributed by atoms with van der Waals surface area (Å²) in [6.07, 6.45) is 2.70. The molecular formula is C15H26N2S. The van der Waals surface area contributed by atoms with Crippen LogP contribution in [0.4, 0.5) is 0 Å². The van der Waals surface area contributed by atoms with Gasteiger partial charge < -0.3 is 10.2 Å². The van der Waals surface area contributed by atoms with Gasteiger partial charge in [-0.2, -0.15) is 0 Å². The molecule has 1 aromatic heterocycles. The summed E-state index contributed by atoms with van der Waals surface area (Å²) in [4.78, 5) is 3.92. The third-order valence-corrected chi connectivity index (χ3v) is 5.26. The van der Waals surface area contributed by atoms with Crippen LogP contribution in [-0.2, 0) is 5.41 Å². The van der Waals surface area contributed by atoms with E-state index in [1.54, 1.807) is 0 Å². The average Bonchev–Trinajstić information content (AvgIpc) is 2.86. The molecule has 0 aromatic carbocycles. The van der Waals surface area contributed by atoms with E-state index in [0.29, 0.717) is 0 Å². The molecule has 0 radical (unpaired) electrons. The number of nitrogens with one attached hydrogen (secondary N) is 1. The number of likely N-dealkylation sites (tertiary alicyclic amines) is 1. The predicted molar refractivity (Wildman–Crippen MR) is 80.4 cm³/mol. The maximum absolute atomic E-state index is 3.69. The highest BCUT2D eigenvalue weighted by molar-refractivity contribution is 7.10. The largest absolute Gasteiger partial charge is 0.316 e. The van der Waals surface area contributed by atoms with Gasteiger partial charge in [0.15, 0.2) is 0 Å². The third kappa shape index (κ3) is 3.81. The molecule has 2 rings (SSSR count). The summed E-state index contributed by atoms with van der Waals surface area (Å²) in [6.45, 7) is 9.46. The smallest absolute Gasteiger partial charge is 0.0115 e. The topological polar surface area (TPSA) is 15.3 Å². The lowest BCUT2D eigenvalue weighted by atomic mass is 9.90. The molecule has 2 nitrogen and oxygen atoms in total. The van der Waals surface area contributed by atoms with Gasteiger partial charge in [0.1, 0.15) is 0 Å². The lowest BCUT2D eigenvalue weighted by Crippen LogP contribution is -2.38. The zero-order chi connectivity index (χ0) is 13.0. The SMILES string of the molecule is CN1CCC(CNCC(C)(C)c2cccs2)CC1. The summed E-state index contributed by atoms with van der Waals surface area (Å²) in [6, 6.07) is 4.40. The van der Waals surface area contributed by atoms with Crippen molar-refractivity contribution in [2.45, 2.75) is 32.1 Å². The lowest BCUT2D eigenvalue weighted by molar-refractivity contribution is 0.214. The molecule has 102 valence electrons. The van der Waals surface area contributed by atoms with Gasteiger partial charge in [-0.15, -0.1) is 11.3 Å². The molecule has 1 fully saturated rings. The van der Waals surface area contributed by atoms with Gasteiger partial charge in [0.05, 0.1) is 0 Å². The number of rotatable bonds is 5. The van der Waals surface area contributed by atoms with Crippen LogP contribution in [0.25, 0.3) is 0 Å². The Hall–Kier alpha value is -0.380. The zero-order valence-electron chi connectivity index (χ0n) is 11.9. The van der Waals surface area contributed by atoms with E-state index in [9.17, 15) is 0 Å². The Kier molecular flexibility index (Phi) is 4.82. The molecule has 18 heavy (non-hydrogen) atoms. The van der Waals surface area contributed by atoms with Gasteiger partial charge in [-0.3, -0.25) is 0 Å². The minimum atomic E-state index is 0.264. The molecule has 0 spiro atoms.